The third-order valence-corrected chi connectivity index (χ3v) is 5.58. The second-order valence-electron chi connectivity index (χ2n) is 6.23. The zero-order valence-electron chi connectivity index (χ0n) is 15.1. The number of fused-ring (bicyclic) bond motifs is 1. The number of rotatable bonds is 6. The van der Waals surface area contributed by atoms with Crippen molar-refractivity contribution >= 4 is 21.4 Å². The van der Waals surface area contributed by atoms with E-state index in [1.807, 2.05) is 49.4 Å². The highest BCUT2D eigenvalue weighted by Gasteiger charge is 2.12. The van der Waals surface area contributed by atoms with Crippen molar-refractivity contribution in [2.75, 3.05) is 10.5 Å². The average Bonchev–Trinajstić information content (AvgIpc) is 3.12. The second-order valence-corrected chi connectivity index (χ2v) is 8.07. The summed E-state index contributed by atoms with van der Waals surface area (Å²) >= 11 is 0. The van der Waals surface area contributed by atoms with E-state index in [4.69, 9.17) is 0 Å². The molecular weight excluding hydrogens is 376 g/mol. The van der Waals surface area contributed by atoms with Crippen molar-refractivity contribution in [2.24, 2.45) is 0 Å². The van der Waals surface area contributed by atoms with Gasteiger partial charge in [0.05, 0.1) is 11.4 Å². The molecular formula is C19H18N6O2S. The summed E-state index contributed by atoms with van der Waals surface area (Å²) in [6.45, 7) is 1.83. The molecule has 28 heavy (non-hydrogen) atoms. The van der Waals surface area contributed by atoms with Crippen molar-refractivity contribution in [3.05, 3.63) is 60.8 Å². The summed E-state index contributed by atoms with van der Waals surface area (Å²) in [4.78, 5) is 4.31. The molecule has 1 N–H and O–H groups in total. The van der Waals surface area contributed by atoms with Crippen LogP contribution in [0.3, 0.4) is 0 Å². The highest BCUT2D eigenvalue weighted by Crippen LogP contribution is 2.22. The first kappa shape index (κ1) is 18.1. The van der Waals surface area contributed by atoms with Gasteiger partial charge in [-0.2, -0.15) is 9.61 Å². The number of benzene rings is 1. The van der Waals surface area contributed by atoms with Gasteiger partial charge in [0, 0.05) is 17.4 Å². The SMILES string of the molecule is CCCS(=O)(=O)Nc1ccc(-c2ccc3nnc(-c4ccccn4)n3n2)cc1. The van der Waals surface area contributed by atoms with Crippen LogP contribution in [0.15, 0.2) is 60.8 Å². The highest BCUT2D eigenvalue weighted by atomic mass is 32.2. The third kappa shape index (κ3) is 3.70. The number of pyridine rings is 1. The molecule has 3 heterocycles. The fourth-order valence-corrected chi connectivity index (χ4v) is 3.94. The van der Waals surface area contributed by atoms with Crippen molar-refractivity contribution in [3.63, 3.8) is 0 Å². The lowest BCUT2D eigenvalue weighted by molar-refractivity contribution is 0.600. The van der Waals surface area contributed by atoms with E-state index in [2.05, 4.69) is 25.0 Å². The Labute approximate surface area is 162 Å². The van der Waals surface area contributed by atoms with Gasteiger partial charge in [-0.05, 0) is 42.8 Å². The molecule has 0 aliphatic rings. The number of nitrogens with one attached hydrogen (secondary N) is 1. The largest absolute Gasteiger partial charge is 0.284 e. The Morgan fingerprint density at radius 1 is 0.964 bits per heavy atom. The average molecular weight is 394 g/mol. The number of nitrogens with zero attached hydrogens (tertiary/aromatic N) is 5. The molecule has 0 fully saturated rings. The van der Waals surface area contributed by atoms with Gasteiger partial charge in [-0.1, -0.05) is 25.1 Å². The quantitative estimate of drug-likeness (QED) is 0.539. The number of hydrogen-bond donors (Lipinski definition) is 1. The maximum Gasteiger partial charge on any atom is 0.232 e. The van der Waals surface area contributed by atoms with Crippen molar-refractivity contribution in [2.45, 2.75) is 13.3 Å². The minimum atomic E-state index is -3.31. The van der Waals surface area contributed by atoms with Crippen LogP contribution in [0, 0.1) is 0 Å². The molecule has 0 radical (unpaired) electrons. The van der Waals surface area contributed by atoms with Crippen LogP contribution in [0.2, 0.25) is 0 Å². The van der Waals surface area contributed by atoms with Gasteiger partial charge in [0.2, 0.25) is 15.8 Å². The first-order chi connectivity index (χ1) is 13.6. The summed E-state index contributed by atoms with van der Waals surface area (Å²) < 4.78 is 28.0. The van der Waals surface area contributed by atoms with Gasteiger partial charge < -0.3 is 0 Å². The van der Waals surface area contributed by atoms with Crippen LogP contribution in [0.1, 0.15) is 13.3 Å². The van der Waals surface area contributed by atoms with E-state index in [9.17, 15) is 8.42 Å². The maximum atomic E-state index is 11.9. The fraction of sp³-hybridized carbons (Fsp3) is 0.158. The lowest BCUT2D eigenvalue weighted by Gasteiger charge is -2.08. The predicted octanol–water partition coefficient (Wildman–Crippen LogP) is 3.01. The predicted molar refractivity (Wildman–Crippen MR) is 107 cm³/mol. The van der Waals surface area contributed by atoms with Crippen LogP contribution in [-0.4, -0.2) is 39.0 Å². The number of hydrogen-bond acceptors (Lipinski definition) is 6. The van der Waals surface area contributed by atoms with E-state index in [1.165, 1.54) is 0 Å². The Bertz CT molecular complexity index is 1200. The summed E-state index contributed by atoms with van der Waals surface area (Å²) in [6.07, 6.45) is 2.26. The lowest BCUT2D eigenvalue weighted by atomic mass is 10.1. The zero-order chi connectivity index (χ0) is 19.6. The number of sulfonamides is 1. The van der Waals surface area contributed by atoms with Crippen molar-refractivity contribution < 1.29 is 8.42 Å². The minimum Gasteiger partial charge on any atom is -0.284 e. The molecule has 0 saturated carbocycles. The standard InChI is InChI=1S/C19H18N6O2S/c1-2-13-28(26,27)24-15-8-6-14(7-9-15)16-10-11-18-21-22-19(25(18)23-16)17-5-3-4-12-20-17/h3-12,24H,2,13H2,1H3. The van der Waals surface area contributed by atoms with E-state index in [1.54, 1.807) is 22.8 Å². The zero-order valence-corrected chi connectivity index (χ0v) is 16.0. The first-order valence-corrected chi connectivity index (χ1v) is 10.5. The van der Waals surface area contributed by atoms with E-state index < -0.39 is 10.0 Å². The summed E-state index contributed by atoms with van der Waals surface area (Å²) in [7, 11) is -3.31. The Kier molecular flexibility index (Phi) is 4.74. The van der Waals surface area contributed by atoms with E-state index >= 15 is 0 Å². The molecule has 4 rings (SSSR count). The summed E-state index contributed by atoms with van der Waals surface area (Å²) in [5, 5.41) is 12.9. The molecule has 8 nitrogen and oxygen atoms in total. The van der Waals surface area contributed by atoms with Crippen LogP contribution in [0.25, 0.3) is 28.4 Å². The van der Waals surface area contributed by atoms with E-state index in [0.717, 1.165) is 5.56 Å². The molecule has 3 aromatic heterocycles. The minimum absolute atomic E-state index is 0.0941. The lowest BCUT2D eigenvalue weighted by Crippen LogP contribution is -2.15. The molecule has 0 bridgehead atoms. The van der Waals surface area contributed by atoms with Crippen LogP contribution in [-0.2, 0) is 10.0 Å². The Balaban J connectivity index is 1.66. The molecule has 0 atom stereocenters. The van der Waals surface area contributed by atoms with Gasteiger partial charge in [-0.25, -0.2) is 8.42 Å². The van der Waals surface area contributed by atoms with Crippen LogP contribution < -0.4 is 4.72 Å². The monoisotopic (exact) mass is 394 g/mol. The maximum absolute atomic E-state index is 11.9. The van der Waals surface area contributed by atoms with Gasteiger partial charge in [0.1, 0.15) is 5.69 Å². The van der Waals surface area contributed by atoms with Gasteiger partial charge in [-0.15, -0.1) is 10.2 Å². The second kappa shape index (κ2) is 7.35. The molecule has 0 aliphatic heterocycles. The van der Waals surface area contributed by atoms with Crippen LogP contribution >= 0.6 is 0 Å². The molecule has 4 aromatic rings. The molecule has 0 aliphatic carbocycles. The third-order valence-electron chi connectivity index (χ3n) is 4.08. The van der Waals surface area contributed by atoms with Crippen LogP contribution in [0.4, 0.5) is 5.69 Å². The Hall–Kier alpha value is -3.33. The number of aromatic nitrogens is 5. The van der Waals surface area contributed by atoms with Gasteiger partial charge in [0.25, 0.3) is 0 Å². The molecule has 0 amide bonds. The van der Waals surface area contributed by atoms with E-state index in [0.29, 0.717) is 35.0 Å². The van der Waals surface area contributed by atoms with E-state index in [-0.39, 0.29) is 5.75 Å². The van der Waals surface area contributed by atoms with Gasteiger partial charge in [-0.3, -0.25) is 9.71 Å². The van der Waals surface area contributed by atoms with Crippen molar-refractivity contribution in [1.82, 2.24) is 24.8 Å². The molecule has 142 valence electrons. The molecule has 1 aromatic carbocycles. The molecule has 0 spiro atoms. The smallest absolute Gasteiger partial charge is 0.232 e. The first-order valence-electron chi connectivity index (χ1n) is 8.80. The topological polar surface area (TPSA) is 102 Å². The molecule has 9 heteroatoms. The van der Waals surface area contributed by atoms with Gasteiger partial charge in [0.15, 0.2) is 5.65 Å². The van der Waals surface area contributed by atoms with Crippen LogP contribution in [0.5, 0.6) is 0 Å². The molecule has 0 unspecified atom stereocenters. The summed E-state index contributed by atoms with van der Waals surface area (Å²) in [6, 6.07) is 16.3. The summed E-state index contributed by atoms with van der Waals surface area (Å²) in [5.74, 6) is 0.651. The Morgan fingerprint density at radius 3 is 2.50 bits per heavy atom. The molecule has 0 saturated heterocycles. The number of anilines is 1. The Morgan fingerprint density at radius 2 is 1.79 bits per heavy atom. The summed E-state index contributed by atoms with van der Waals surface area (Å²) in [5.41, 5.74) is 3.39. The van der Waals surface area contributed by atoms with Gasteiger partial charge >= 0.3 is 0 Å². The van der Waals surface area contributed by atoms with Crippen molar-refractivity contribution in [3.8, 4) is 22.8 Å². The fourth-order valence-electron chi connectivity index (χ4n) is 2.81. The highest BCUT2D eigenvalue weighted by molar-refractivity contribution is 7.92. The van der Waals surface area contributed by atoms with Crippen molar-refractivity contribution in [1.29, 1.82) is 0 Å². The normalized spacial score (nSPS) is 11.6.